The molecule has 98 valence electrons. The molecule has 0 spiro atoms. The van der Waals surface area contributed by atoms with Crippen molar-refractivity contribution < 1.29 is 0 Å². The zero-order valence-electron chi connectivity index (χ0n) is 10.8. The predicted molar refractivity (Wildman–Crippen MR) is 78.3 cm³/mol. The van der Waals surface area contributed by atoms with E-state index in [0.717, 1.165) is 19.5 Å². The van der Waals surface area contributed by atoms with Crippen molar-refractivity contribution in [2.45, 2.75) is 32.2 Å². The number of nitrogens with two attached hydrogens (primary N) is 1. The largest absolute Gasteiger partial charge is 0.355 e. The summed E-state index contributed by atoms with van der Waals surface area (Å²) in [6.07, 6.45) is 4.85. The van der Waals surface area contributed by atoms with Crippen LogP contribution in [0.3, 0.4) is 0 Å². The van der Waals surface area contributed by atoms with Gasteiger partial charge in [-0.05, 0) is 43.1 Å². The van der Waals surface area contributed by atoms with Gasteiger partial charge in [0.05, 0.1) is 0 Å². The van der Waals surface area contributed by atoms with Crippen LogP contribution in [0.2, 0.25) is 0 Å². The van der Waals surface area contributed by atoms with Crippen LogP contribution in [0.5, 0.6) is 0 Å². The molecular weight excluding hydrogens is 242 g/mol. The Morgan fingerprint density at radius 1 is 1.22 bits per heavy atom. The topological polar surface area (TPSA) is 42.1 Å². The normalized spacial score (nSPS) is 19.7. The van der Waals surface area contributed by atoms with Crippen molar-refractivity contribution >= 4 is 17.6 Å². The van der Waals surface area contributed by atoms with Crippen LogP contribution in [0.25, 0.3) is 0 Å². The summed E-state index contributed by atoms with van der Waals surface area (Å²) in [5.74, 6) is 3.66. The lowest BCUT2D eigenvalue weighted by Gasteiger charge is -2.24. The van der Waals surface area contributed by atoms with Crippen molar-refractivity contribution in [2.75, 3.05) is 29.5 Å². The second kappa shape index (κ2) is 5.49. The lowest BCUT2D eigenvalue weighted by molar-refractivity contribution is 0.786. The molecule has 0 atom stereocenters. The van der Waals surface area contributed by atoms with E-state index in [2.05, 4.69) is 22.7 Å². The Morgan fingerprint density at radius 3 is 3.06 bits per heavy atom. The second-order valence-corrected chi connectivity index (χ2v) is 6.31. The van der Waals surface area contributed by atoms with Crippen molar-refractivity contribution in [3.05, 3.63) is 22.9 Å². The van der Waals surface area contributed by atoms with Gasteiger partial charge in [-0.25, -0.2) is 4.98 Å². The van der Waals surface area contributed by atoms with Crippen LogP contribution in [-0.4, -0.2) is 29.6 Å². The number of hydrogen-bond acceptors (Lipinski definition) is 4. The highest BCUT2D eigenvalue weighted by atomic mass is 32.2. The van der Waals surface area contributed by atoms with Crippen molar-refractivity contribution in [2.24, 2.45) is 5.73 Å². The first kappa shape index (κ1) is 12.3. The van der Waals surface area contributed by atoms with Gasteiger partial charge < -0.3 is 10.6 Å². The van der Waals surface area contributed by atoms with Gasteiger partial charge in [0.2, 0.25) is 0 Å². The zero-order chi connectivity index (χ0) is 12.4. The Hall–Kier alpha value is -0.740. The fourth-order valence-corrected chi connectivity index (χ4v) is 3.78. The standard InChI is InChI=1S/C14H21N3S/c15-10-12-9-11-3-1-4-13(11)16-14(12)17-5-2-7-18-8-6-17/h9H,1-8,10,15H2. The van der Waals surface area contributed by atoms with E-state index in [1.54, 1.807) is 0 Å². The van der Waals surface area contributed by atoms with Crippen molar-refractivity contribution in [1.29, 1.82) is 0 Å². The molecule has 1 aromatic heterocycles. The number of pyridine rings is 1. The predicted octanol–water partition coefficient (Wildman–Crippen LogP) is 1.97. The van der Waals surface area contributed by atoms with Crippen molar-refractivity contribution in [3.63, 3.8) is 0 Å². The average Bonchev–Trinajstić information content (AvgIpc) is 2.68. The van der Waals surface area contributed by atoms with Crippen LogP contribution >= 0.6 is 11.8 Å². The van der Waals surface area contributed by atoms with Crippen LogP contribution in [0.15, 0.2) is 6.07 Å². The van der Waals surface area contributed by atoms with E-state index in [-0.39, 0.29) is 0 Å². The van der Waals surface area contributed by atoms with Gasteiger partial charge in [0.15, 0.2) is 0 Å². The first-order valence-electron chi connectivity index (χ1n) is 6.93. The van der Waals surface area contributed by atoms with Gasteiger partial charge >= 0.3 is 0 Å². The summed E-state index contributed by atoms with van der Waals surface area (Å²) in [6.45, 7) is 2.86. The molecule has 0 aromatic carbocycles. The third kappa shape index (κ3) is 2.36. The van der Waals surface area contributed by atoms with Crippen LogP contribution in [0, 0.1) is 0 Å². The summed E-state index contributed by atoms with van der Waals surface area (Å²) >= 11 is 2.05. The first-order valence-corrected chi connectivity index (χ1v) is 8.08. The van der Waals surface area contributed by atoms with E-state index in [4.69, 9.17) is 10.7 Å². The molecule has 3 nitrogen and oxygen atoms in total. The lowest BCUT2D eigenvalue weighted by atomic mass is 10.1. The number of nitrogens with zero attached hydrogens (tertiary/aromatic N) is 2. The van der Waals surface area contributed by atoms with Gasteiger partial charge in [0.1, 0.15) is 5.82 Å². The van der Waals surface area contributed by atoms with E-state index in [1.165, 1.54) is 53.4 Å². The highest BCUT2D eigenvalue weighted by molar-refractivity contribution is 7.99. The van der Waals surface area contributed by atoms with Crippen LogP contribution in [0.4, 0.5) is 5.82 Å². The van der Waals surface area contributed by atoms with E-state index in [9.17, 15) is 0 Å². The van der Waals surface area contributed by atoms with E-state index in [1.807, 2.05) is 0 Å². The van der Waals surface area contributed by atoms with Crippen LogP contribution in [-0.2, 0) is 19.4 Å². The number of hydrogen-bond donors (Lipinski definition) is 1. The van der Waals surface area contributed by atoms with Crippen molar-refractivity contribution in [1.82, 2.24) is 4.98 Å². The summed E-state index contributed by atoms with van der Waals surface area (Å²) in [7, 11) is 0. The lowest BCUT2D eigenvalue weighted by Crippen LogP contribution is -2.28. The van der Waals surface area contributed by atoms with Crippen LogP contribution < -0.4 is 10.6 Å². The molecule has 0 unspecified atom stereocenters. The van der Waals surface area contributed by atoms with E-state index >= 15 is 0 Å². The minimum absolute atomic E-state index is 0.610. The van der Waals surface area contributed by atoms with Gasteiger partial charge in [0.25, 0.3) is 0 Å². The van der Waals surface area contributed by atoms with Crippen molar-refractivity contribution in [3.8, 4) is 0 Å². The Morgan fingerprint density at radius 2 is 2.17 bits per heavy atom. The zero-order valence-corrected chi connectivity index (χ0v) is 11.6. The Balaban J connectivity index is 1.93. The Kier molecular flexibility index (Phi) is 3.75. The third-order valence-electron chi connectivity index (χ3n) is 3.85. The minimum atomic E-state index is 0.610. The smallest absolute Gasteiger partial charge is 0.133 e. The molecule has 1 aliphatic carbocycles. The molecule has 1 saturated heterocycles. The Labute approximate surface area is 113 Å². The molecule has 1 aliphatic heterocycles. The molecule has 0 radical (unpaired) electrons. The van der Waals surface area contributed by atoms with Crippen LogP contribution in [0.1, 0.15) is 29.7 Å². The first-order chi connectivity index (χ1) is 8.88. The highest BCUT2D eigenvalue weighted by Gasteiger charge is 2.20. The maximum atomic E-state index is 5.92. The summed E-state index contributed by atoms with van der Waals surface area (Å²) in [4.78, 5) is 7.37. The third-order valence-corrected chi connectivity index (χ3v) is 4.90. The number of aryl methyl sites for hydroxylation is 2. The van der Waals surface area contributed by atoms with E-state index < -0.39 is 0 Å². The number of thioether (sulfide) groups is 1. The summed E-state index contributed by atoms with van der Waals surface area (Å²) in [5, 5.41) is 0. The fraction of sp³-hybridized carbons (Fsp3) is 0.643. The maximum Gasteiger partial charge on any atom is 0.133 e. The SMILES string of the molecule is NCc1cc2c(nc1N1CCCSCC1)CCC2. The molecule has 2 N–H and O–H groups in total. The minimum Gasteiger partial charge on any atom is -0.355 e. The van der Waals surface area contributed by atoms with Gasteiger partial charge in [-0.1, -0.05) is 0 Å². The van der Waals surface area contributed by atoms with Gasteiger partial charge in [0, 0.05) is 36.6 Å². The monoisotopic (exact) mass is 263 g/mol. The molecular formula is C14H21N3S. The molecule has 0 amide bonds. The van der Waals surface area contributed by atoms with Gasteiger partial charge in [-0.15, -0.1) is 0 Å². The number of anilines is 1. The quantitative estimate of drug-likeness (QED) is 0.886. The molecule has 1 aromatic rings. The molecule has 18 heavy (non-hydrogen) atoms. The maximum absolute atomic E-state index is 5.92. The molecule has 2 heterocycles. The summed E-state index contributed by atoms with van der Waals surface area (Å²) < 4.78 is 0. The molecule has 3 rings (SSSR count). The highest BCUT2D eigenvalue weighted by Crippen LogP contribution is 2.28. The number of aromatic nitrogens is 1. The number of rotatable bonds is 2. The average molecular weight is 263 g/mol. The molecule has 0 saturated carbocycles. The fourth-order valence-electron chi connectivity index (χ4n) is 2.89. The van der Waals surface area contributed by atoms with Gasteiger partial charge in [-0.3, -0.25) is 0 Å². The molecule has 4 heteroatoms. The van der Waals surface area contributed by atoms with Gasteiger partial charge in [-0.2, -0.15) is 11.8 Å². The molecule has 1 fully saturated rings. The van der Waals surface area contributed by atoms with E-state index in [0.29, 0.717) is 6.54 Å². The number of fused-ring (bicyclic) bond motifs is 1. The second-order valence-electron chi connectivity index (χ2n) is 5.09. The molecule has 2 aliphatic rings. The summed E-state index contributed by atoms with van der Waals surface area (Å²) in [6, 6.07) is 2.31. The Bertz CT molecular complexity index is 425. The molecule has 0 bridgehead atoms. The summed E-state index contributed by atoms with van der Waals surface area (Å²) in [5.41, 5.74) is 9.91.